The highest BCUT2D eigenvalue weighted by atomic mass is 16.5. The van der Waals surface area contributed by atoms with Crippen LogP contribution in [-0.2, 0) is 6.42 Å². The molecule has 24 heavy (non-hydrogen) atoms. The summed E-state index contributed by atoms with van der Waals surface area (Å²) >= 11 is 0. The largest absolute Gasteiger partial charge is 0.497 e. The molecule has 0 fully saturated rings. The predicted molar refractivity (Wildman–Crippen MR) is 92.9 cm³/mol. The molecule has 0 spiro atoms. The van der Waals surface area contributed by atoms with Gasteiger partial charge in [0.1, 0.15) is 23.4 Å². The lowest BCUT2D eigenvalue weighted by atomic mass is 9.94. The van der Waals surface area contributed by atoms with E-state index in [0.29, 0.717) is 13.0 Å². The van der Waals surface area contributed by atoms with Crippen molar-refractivity contribution in [2.24, 2.45) is 0 Å². The zero-order valence-electron chi connectivity index (χ0n) is 14.2. The normalized spacial score (nSPS) is 19.3. The molecule has 1 N–H and O–H groups in total. The second-order valence-electron chi connectivity index (χ2n) is 6.05. The van der Waals surface area contributed by atoms with Crippen LogP contribution in [0.4, 0.5) is 0 Å². The molecule has 0 saturated carbocycles. The number of unbranched alkanes of at least 4 members (excludes halogenated alkanes) is 1. The van der Waals surface area contributed by atoms with Crippen LogP contribution in [0.15, 0.2) is 42.5 Å². The lowest BCUT2D eigenvalue weighted by Crippen LogP contribution is -2.30. The van der Waals surface area contributed by atoms with E-state index < -0.39 is 6.10 Å². The molecule has 0 saturated heterocycles. The summed E-state index contributed by atoms with van der Waals surface area (Å²) in [5.74, 6) is 2.39. The first-order valence-electron chi connectivity index (χ1n) is 8.45. The Kier molecular flexibility index (Phi) is 5.26. The summed E-state index contributed by atoms with van der Waals surface area (Å²) in [4.78, 5) is 0. The van der Waals surface area contributed by atoms with Crippen molar-refractivity contribution in [3.05, 3.63) is 53.6 Å². The van der Waals surface area contributed by atoms with E-state index in [9.17, 15) is 5.11 Å². The average Bonchev–Trinajstić information content (AvgIpc) is 2.62. The number of ether oxygens (including phenoxy) is 3. The molecule has 4 heteroatoms. The maximum atomic E-state index is 10.5. The molecule has 4 nitrogen and oxygen atoms in total. The van der Waals surface area contributed by atoms with Crippen LogP contribution in [0.25, 0.3) is 0 Å². The lowest BCUT2D eigenvalue weighted by Gasteiger charge is -2.31. The van der Waals surface area contributed by atoms with Crippen molar-refractivity contribution >= 4 is 0 Å². The Morgan fingerprint density at radius 1 is 1.12 bits per heavy atom. The van der Waals surface area contributed by atoms with Crippen molar-refractivity contribution < 1.29 is 19.3 Å². The van der Waals surface area contributed by atoms with Crippen LogP contribution < -0.4 is 14.2 Å². The van der Waals surface area contributed by atoms with E-state index in [2.05, 4.69) is 6.92 Å². The molecule has 2 atom stereocenters. The van der Waals surface area contributed by atoms with Crippen LogP contribution in [-0.4, -0.2) is 24.9 Å². The van der Waals surface area contributed by atoms with Crippen LogP contribution in [0.5, 0.6) is 17.2 Å². The van der Waals surface area contributed by atoms with E-state index in [1.54, 1.807) is 7.11 Å². The van der Waals surface area contributed by atoms with E-state index in [1.807, 2.05) is 42.5 Å². The Morgan fingerprint density at radius 3 is 2.58 bits per heavy atom. The van der Waals surface area contributed by atoms with Crippen LogP contribution in [0.3, 0.4) is 0 Å². The van der Waals surface area contributed by atoms with Crippen molar-refractivity contribution in [3.63, 3.8) is 0 Å². The summed E-state index contributed by atoms with van der Waals surface area (Å²) in [5, 5.41) is 10.5. The van der Waals surface area contributed by atoms with E-state index in [0.717, 1.165) is 41.2 Å². The minimum atomic E-state index is -0.572. The third-order valence-corrected chi connectivity index (χ3v) is 4.28. The van der Waals surface area contributed by atoms with Crippen LogP contribution in [0.1, 0.15) is 37.0 Å². The lowest BCUT2D eigenvalue weighted by molar-refractivity contribution is 0.0206. The maximum absolute atomic E-state index is 10.5. The molecule has 0 bridgehead atoms. The van der Waals surface area contributed by atoms with Gasteiger partial charge in [0.25, 0.3) is 0 Å². The zero-order chi connectivity index (χ0) is 16.9. The zero-order valence-corrected chi connectivity index (χ0v) is 14.2. The average molecular weight is 328 g/mol. The van der Waals surface area contributed by atoms with Gasteiger partial charge in [-0.05, 0) is 35.7 Å². The van der Waals surface area contributed by atoms with Gasteiger partial charge in [-0.15, -0.1) is 0 Å². The molecule has 1 heterocycles. The monoisotopic (exact) mass is 328 g/mol. The summed E-state index contributed by atoms with van der Waals surface area (Å²) in [6.07, 6.45) is 1.76. The van der Waals surface area contributed by atoms with Crippen LogP contribution in [0, 0.1) is 0 Å². The van der Waals surface area contributed by atoms with Gasteiger partial charge in [0.05, 0.1) is 19.8 Å². The Bertz CT molecular complexity index is 666. The minimum Gasteiger partial charge on any atom is -0.497 e. The smallest absolute Gasteiger partial charge is 0.150 e. The third-order valence-electron chi connectivity index (χ3n) is 4.28. The molecule has 0 aromatic heterocycles. The molecule has 1 aliphatic rings. The fourth-order valence-corrected chi connectivity index (χ4v) is 2.87. The molecule has 2 aromatic rings. The Labute approximate surface area is 143 Å². The van der Waals surface area contributed by atoms with Gasteiger partial charge in [-0.1, -0.05) is 31.5 Å². The van der Waals surface area contributed by atoms with Gasteiger partial charge in [-0.25, -0.2) is 0 Å². The van der Waals surface area contributed by atoms with Crippen molar-refractivity contribution in [2.45, 2.75) is 38.4 Å². The fourth-order valence-electron chi connectivity index (χ4n) is 2.87. The number of rotatable bonds is 6. The highest BCUT2D eigenvalue weighted by Gasteiger charge is 2.30. The second-order valence-corrected chi connectivity index (χ2v) is 6.05. The third kappa shape index (κ3) is 3.65. The fraction of sp³-hybridized carbons (Fsp3) is 0.400. The van der Waals surface area contributed by atoms with Gasteiger partial charge in [-0.3, -0.25) is 0 Å². The maximum Gasteiger partial charge on any atom is 0.150 e. The van der Waals surface area contributed by atoms with Crippen molar-refractivity contribution in [1.29, 1.82) is 0 Å². The standard InChI is InChI=1S/C20H24O4/c1-3-4-11-23-17-10-7-15-12-18(21)20(24-19(15)13-17)14-5-8-16(22-2)9-6-14/h5-10,13,18,20-21H,3-4,11-12H2,1-2H3/t18-,20+/m0/s1. The van der Waals surface area contributed by atoms with Crippen molar-refractivity contribution in [3.8, 4) is 17.2 Å². The highest BCUT2D eigenvalue weighted by Crippen LogP contribution is 2.37. The first-order chi connectivity index (χ1) is 11.7. The van der Waals surface area contributed by atoms with Crippen molar-refractivity contribution in [2.75, 3.05) is 13.7 Å². The summed E-state index contributed by atoms with van der Waals surface area (Å²) in [6, 6.07) is 13.5. The number of methoxy groups -OCH3 is 1. The van der Waals surface area contributed by atoms with E-state index in [4.69, 9.17) is 14.2 Å². The van der Waals surface area contributed by atoms with Crippen molar-refractivity contribution in [1.82, 2.24) is 0 Å². The molecule has 0 amide bonds. The number of benzene rings is 2. The van der Waals surface area contributed by atoms with Gasteiger partial charge in [0.2, 0.25) is 0 Å². The molecule has 3 rings (SSSR count). The molecule has 0 radical (unpaired) electrons. The Balaban J connectivity index is 1.77. The summed E-state index contributed by atoms with van der Waals surface area (Å²) in [7, 11) is 1.64. The summed E-state index contributed by atoms with van der Waals surface area (Å²) in [6.45, 7) is 2.85. The number of hydrogen-bond acceptors (Lipinski definition) is 4. The number of aliphatic hydroxyl groups is 1. The Hall–Kier alpha value is -2.20. The molecular weight excluding hydrogens is 304 g/mol. The number of hydrogen-bond donors (Lipinski definition) is 1. The van der Waals surface area contributed by atoms with Crippen LogP contribution in [0.2, 0.25) is 0 Å². The van der Waals surface area contributed by atoms with E-state index in [-0.39, 0.29) is 6.10 Å². The number of aliphatic hydroxyl groups excluding tert-OH is 1. The molecule has 1 aliphatic heterocycles. The molecule has 0 unspecified atom stereocenters. The summed E-state index contributed by atoms with van der Waals surface area (Å²) < 4.78 is 17.0. The molecular formula is C20H24O4. The minimum absolute atomic E-state index is 0.380. The van der Waals surface area contributed by atoms with Gasteiger partial charge < -0.3 is 19.3 Å². The van der Waals surface area contributed by atoms with Gasteiger partial charge >= 0.3 is 0 Å². The van der Waals surface area contributed by atoms with Gasteiger partial charge in [0.15, 0.2) is 0 Å². The predicted octanol–water partition coefficient (Wildman–Crippen LogP) is 3.91. The molecule has 0 aliphatic carbocycles. The first kappa shape index (κ1) is 16.7. The van der Waals surface area contributed by atoms with Gasteiger partial charge in [-0.2, -0.15) is 0 Å². The van der Waals surface area contributed by atoms with E-state index >= 15 is 0 Å². The Morgan fingerprint density at radius 2 is 1.88 bits per heavy atom. The first-order valence-corrected chi connectivity index (χ1v) is 8.45. The SMILES string of the molecule is CCCCOc1ccc2c(c1)O[C@H](c1ccc(OC)cc1)[C@@H](O)C2. The highest BCUT2D eigenvalue weighted by molar-refractivity contribution is 5.44. The van der Waals surface area contributed by atoms with Gasteiger partial charge in [0, 0.05) is 12.5 Å². The quantitative estimate of drug-likeness (QED) is 0.817. The molecule has 128 valence electrons. The second kappa shape index (κ2) is 7.58. The van der Waals surface area contributed by atoms with Crippen LogP contribution >= 0.6 is 0 Å². The summed E-state index contributed by atoms with van der Waals surface area (Å²) in [5.41, 5.74) is 1.95. The number of fused-ring (bicyclic) bond motifs is 1. The van der Waals surface area contributed by atoms with E-state index in [1.165, 1.54) is 0 Å². The molecule has 2 aromatic carbocycles. The topological polar surface area (TPSA) is 47.9 Å².